The van der Waals surface area contributed by atoms with Crippen LogP contribution >= 0.6 is 0 Å². The van der Waals surface area contributed by atoms with Crippen molar-refractivity contribution >= 4 is 5.91 Å². The minimum atomic E-state index is -0.0235. The van der Waals surface area contributed by atoms with Crippen LogP contribution in [0.1, 0.15) is 6.42 Å². The highest BCUT2D eigenvalue weighted by molar-refractivity contribution is 5.82. The number of piperazine rings is 1. The molecule has 2 saturated heterocycles. The molecule has 2 aliphatic rings. The summed E-state index contributed by atoms with van der Waals surface area (Å²) in [5, 5.41) is 3.32. The summed E-state index contributed by atoms with van der Waals surface area (Å²) in [5.41, 5.74) is 0. The Balaban J connectivity index is 1.90. The summed E-state index contributed by atoms with van der Waals surface area (Å²) in [5.74, 6) is 0.247. The van der Waals surface area contributed by atoms with E-state index in [1.54, 1.807) is 0 Å². The lowest BCUT2D eigenvalue weighted by molar-refractivity contribution is -0.135. The van der Waals surface area contributed by atoms with Gasteiger partial charge in [-0.25, -0.2) is 0 Å². The molecule has 2 unspecified atom stereocenters. The van der Waals surface area contributed by atoms with E-state index < -0.39 is 0 Å². The third kappa shape index (κ3) is 2.97. The van der Waals surface area contributed by atoms with E-state index >= 15 is 0 Å². The van der Waals surface area contributed by atoms with E-state index in [4.69, 9.17) is 0 Å². The lowest BCUT2D eigenvalue weighted by Crippen LogP contribution is -2.57. The molecule has 0 aromatic rings. The fraction of sp³-hybridized carbons (Fsp3) is 0.917. The first-order chi connectivity index (χ1) is 8.08. The molecule has 1 N–H and O–H groups in total. The molecule has 1 amide bonds. The molecule has 0 aromatic carbocycles. The fourth-order valence-corrected chi connectivity index (χ4v) is 2.72. The van der Waals surface area contributed by atoms with Gasteiger partial charge < -0.3 is 20.0 Å². The quantitative estimate of drug-likeness (QED) is 0.676. The van der Waals surface area contributed by atoms with Gasteiger partial charge in [-0.3, -0.25) is 4.79 Å². The number of rotatable bonds is 2. The predicted octanol–water partition coefficient (Wildman–Crippen LogP) is -0.947. The van der Waals surface area contributed by atoms with Crippen LogP contribution in [-0.4, -0.2) is 86.6 Å². The monoisotopic (exact) mass is 240 g/mol. The van der Waals surface area contributed by atoms with Crippen LogP contribution in [0.2, 0.25) is 0 Å². The van der Waals surface area contributed by atoms with E-state index in [0.717, 1.165) is 39.1 Å². The van der Waals surface area contributed by atoms with Gasteiger partial charge in [-0.05, 0) is 27.1 Å². The summed E-state index contributed by atoms with van der Waals surface area (Å²) in [6, 6.07) is 0.367. The molecule has 5 nitrogen and oxygen atoms in total. The number of carbonyl (C=O) groups excluding carboxylic acids is 1. The molecular formula is C12H24N4O. The fourth-order valence-electron chi connectivity index (χ4n) is 2.72. The lowest BCUT2D eigenvalue weighted by Gasteiger charge is -2.34. The normalized spacial score (nSPS) is 31.7. The van der Waals surface area contributed by atoms with Crippen molar-refractivity contribution in [1.82, 2.24) is 20.0 Å². The Bertz CT molecular complexity index is 284. The van der Waals surface area contributed by atoms with Crippen LogP contribution in [0.4, 0.5) is 0 Å². The van der Waals surface area contributed by atoms with Gasteiger partial charge in [0.15, 0.2) is 0 Å². The number of hydrogen-bond donors (Lipinski definition) is 1. The van der Waals surface area contributed by atoms with Crippen molar-refractivity contribution in [2.24, 2.45) is 0 Å². The van der Waals surface area contributed by atoms with E-state index in [9.17, 15) is 4.79 Å². The Kier molecular flexibility index (Phi) is 4.01. The largest absolute Gasteiger partial charge is 0.340 e. The summed E-state index contributed by atoms with van der Waals surface area (Å²) >= 11 is 0. The Hall–Kier alpha value is -0.650. The minimum absolute atomic E-state index is 0.0235. The Morgan fingerprint density at radius 1 is 1.24 bits per heavy atom. The third-order valence-corrected chi connectivity index (χ3v) is 3.94. The molecule has 17 heavy (non-hydrogen) atoms. The van der Waals surface area contributed by atoms with Crippen LogP contribution in [0, 0.1) is 0 Å². The van der Waals surface area contributed by atoms with E-state index in [1.807, 2.05) is 11.9 Å². The zero-order chi connectivity index (χ0) is 12.4. The standard InChI is InChI=1S/C12H24N4O/c1-14-6-4-10(8-14)16(3)12(17)11-9-15(2)7-5-13-11/h10-11,13H,4-9H2,1-3H3. The molecule has 5 heteroatoms. The molecule has 0 spiro atoms. The van der Waals surface area contributed by atoms with E-state index in [2.05, 4.69) is 29.2 Å². The average Bonchev–Trinajstić information content (AvgIpc) is 2.74. The smallest absolute Gasteiger partial charge is 0.241 e. The lowest BCUT2D eigenvalue weighted by atomic mass is 10.1. The minimum Gasteiger partial charge on any atom is -0.340 e. The number of nitrogens with one attached hydrogen (secondary N) is 1. The van der Waals surface area contributed by atoms with Gasteiger partial charge in [0.05, 0.1) is 6.04 Å². The van der Waals surface area contributed by atoms with E-state index in [1.165, 1.54) is 0 Å². The summed E-state index contributed by atoms with van der Waals surface area (Å²) in [6.07, 6.45) is 1.10. The van der Waals surface area contributed by atoms with Crippen LogP contribution in [-0.2, 0) is 4.79 Å². The Morgan fingerprint density at radius 3 is 2.53 bits per heavy atom. The van der Waals surface area contributed by atoms with Crippen molar-refractivity contribution in [3.63, 3.8) is 0 Å². The maximum atomic E-state index is 12.4. The number of likely N-dealkylation sites (tertiary alicyclic amines) is 1. The number of carbonyl (C=O) groups is 1. The first-order valence-electron chi connectivity index (χ1n) is 6.45. The van der Waals surface area contributed by atoms with Gasteiger partial charge in [-0.2, -0.15) is 0 Å². The Labute approximate surface area is 104 Å². The summed E-state index contributed by atoms with van der Waals surface area (Å²) in [6.45, 7) is 4.86. The second-order valence-electron chi connectivity index (χ2n) is 5.42. The van der Waals surface area contributed by atoms with Crippen LogP contribution < -0.4 is 5.32 Å². The van der Waals surface area contributed by atoms with Gasteiger partial charge in [0.25, 0.3) is 0 Å². The number of likely N-dealkylation sites (N-methyl/N-ethyl adjacent to an activating group) is 3. The van der Waals surface area contributed by atoms with Crippen molar-refractivity contribution < 1.29 is 4.79 Å². The Morgan fingerprint density at radius 2 is 1.94 bits per heavy atom. The van der Waals surface area contributed by atoms with Crippen molar-refractivity contribution in [3.8, 4) is 0 Å². The van der Waals surface area contributed by atoms with Crippen LogP contribution in [0.15, 0.2) is 0 Å². The molecule has 0 aromatic heterocycles. The molecular weight excluding hydrogens is 216 g/mol. The van der Waals surface area contributed by atoms with Crippen molar-refractivity contribution in [2.75, 3.05) is 53.9 Å². The van der Waals surface area contributed by atoms with Crippen LogP contribution in [0.25, 0.3) is 0 Å². The number of hydrogen-bond acceptors (Lipinski definition) is 4. The van der Waals surface area contributed by atoms with Crippen molar-refractivity contribution in [2.45, 2.75) is 18.5 Å². The molecule has 2 rings (SSSR count). The number of amides is 1. The topological polar surface area (TPSA) is 38.8 Å². The summed E-state index contributed by atoms with van der Waals surface area (Å²) in [4.78, 5) is 18.8. The highest BCUT2D eigenvalue weighted by Crippen LogP contribution is 2.14. The van der Waals surface area contributed by atoms with Crippen LogP contribution in [0.5, 0.6) is 0 Å². The molecule has 2 heterocycles. The average molecular weight is 240 g/mol. The van der Waals surface area contributed by atoms with Gasteiger partial charge in [-0.15, -0.1) is 0 Å². The van der Waals surface area contributed by atoms with Gasteiger partial charge in [-0.1, -0.05) is 0 Å². The highest BCUT2D eigenvalue weighted by Gasteiger charge is 2.31. The van der Waals surface area contributed by atoms with Gasteiger partial charge in [0.2, 0.25) is 5.91 Å². The van der Waals surface area contributed by atoms with Crippen molar-refractivity contribution in [3.05, 3.63) is 0 Å². The second kappa shape index (κ2) is 5.33. The highest BCUT2D eigenvalue weighted by atomic mass is 16.2. The van der Waals surface area contributed by atoms with E-state index in [0.29, 0.717) is 6.04 Å². The SMILES string of the molecule is CN1CCNC(C(=O)N(C)C2CCN(C)C2)C1. The van der Waals surface area contributed by atoms with Gasteiger partial charge in [0, 0.05) is 39.3 Å². The third-order valence-electron chi connectivity index (χ3n) is 3.94. The van der Waals surface area contributed by atoms with E-state index in [-0.39, 0.29) is 11.9 Å². The first-order valence-corrected chi connectivity index (χ1v) is 6.45. The van der Waals surface area contributed by atoms with Crippen LogP contribution in [0.3, 0.4) is 0 Å². The zero-order valence-corrected chi connectivity index (χ0v) is 11.1. The van der Waals surface area contributed by atoms with Crippen molar-refractivity contribution in [1.29, 1.82) is 0 Å². The molecule has 2 fully saturated rings. The predicted molar refractivity (Wildman–Crippen MR) is 68.0 cm³/mol. The van der Waals surface area contributed by atoms with Gasteiger partial charge in [0.1, 0.15) is 0 Å². The number of nitrogens with zero attached hydrogens (tertiary/aromatic N) is 3. The molecule has 0 radical (unpaired) electrons. The molecule has 0 aliphatic carbocycles. The summed E-state index contributed by atoms with van der Waals surface area (Å²) in [7, 11) is 6.14. The molecule has 0 bridgehead atoms. The first kappa shape index (κ1) is 12.8. The molecule has 0 saturated carbocycles. The molecule has 98 valence electrons. The molecule has 2 atom stereocenters. The maximum Gasteiger partial charge on any atom is 0.241 e. The second-order valence-corrected chi connectivity index (χ2v) is 5.42. The molecule has 2 aliphatic heterocycles. The zero-order valence-electron chi connectivity index (χ0n) is 11.1. The summed E-state index contributed by atoms with van der Waals surface area (Å²) < 4.78 is 0. The van der Waals surface area contributed by atoms with Gasteiger partial charge >= 0.3 is 0 Å². The maximum absolute atomic E-state index is 12.4.